The summed E-state index contributed by atoms with van der Waals surface area (Å²) in [4.78, 5) is 12.4. The average molecular weight is 486 g/mol. The predicted molar refractivity (Wildman–Crippen MR) is 113 cm³/mol. The molecule has 0 radical (unpaired) electrons. The molecule has 1 N–H and O–H groups in total. The summed E-state index contributed by atoms with van der Waals surface area (Å²) in [7, 11) is 0. The summed E-state index contributed by atoms with van der Waals surface area (Å²) in [5, 5.41) is 11.8. The van der Waals surface area contributed by atoms with Gasteiger partial charge in [-0.3, -0.25) is 4.79 Å². The van der Waals surface area contributed by atoms with E-state index in [-0.39, 0.29) is 17.0 Å². The fourth-order valence-electron chi connectivity index (χ4n) is 2.55. The molecule has 0 aliphatic carbocycles. The van der Waals surface area contributed by atoms with E-state index in [2.05, 4.69) is 5.32 Å². The van der Waals surface area contributed by atoms with Crippen molar-refractivity contribution < 1.29 is 22.4 Å². The molecule has 2 aromatic carbocycles. The highest BCUT2D eigenvalue weighted by Crippen LogP contribution is 2.36. The van der Waals surface area contributed by atoms with Crippen molar-refractivity contribution in [3.8, 4) is 17.4 Å². The summed E-state index contributed by atoms with van der Waals surface area (Å²) in [6, 6.07) is 12.5. The van der Waals surface area contributed by atoms with Crippen molar-refractivity contribution in [2.45, 2.75) is 6.18 Å². The van der Waals surface area contributed by atoms with Gasteiger partial charge in [0.2, 0.25) is 0 Å². The second-order valence-electron chi connectivity index (χ2n) is 6.15. The van der Waals surface area contributed by atoms with Crippen LogP contribution >= 0.6 is 34.8 Å². The molecule has 0 fully saturated rings. The van der Waals surface area contributed by atoms with Gasteiger partial charge in [-0.15, -0.1) is 0 Å². The predicted octanol–water partition coefficient (Wildman–Crippen LogP) is 7.47. The molecule has 3 aromatic rings. The molecule has 0 spiro atoms. The van der Waals surface area contributed by atoms with E-state index in [1.54, 1.807) is 30.3 Å². The lowest BCUT2D eigenvalue weighted by molar-refractivity contribution is -0.137. The number of alkyl halides is 3. The normalized spacial score (nSPS) is 11.8. The molecule has 31 heavy (non-hydrogen) atoms. The number of benzene rings is 2. The molecule has 0 aliphatic rings. The van der Waals surface area contributed by atoms with Crippen LogP contribution in [0.25, 0.3) is 17.4 Å². The van der Waals surface area contributed by atoms with Gasteiger partial charge in [-0.1, -0.05) is 34.8 Å². The fourth-order valence-corrected chi connectivity index (χ4v) is 3.13. The topological polar surface area (TPSA) is 66.0 Å². The summed E-state index contributed by atoms with van der Waals surface area (Å²) in [5.41, 5.74) is -0.726. The number of furan rings is 1. The van der Waals surface area contributed by atoms with Gasteiger partial charge in [-0.05, 0) is 48.5 Å². The molecular formula is C21H10Cl3F3N2O2. The van der Waals surface area contributed by atoms with Crippen LogP contribution in [0.1, 0.15) is 11.3 Å². The lowest BCUT2D eigenvalue weighted by Crippen LogP contribution is -2.14. The van der Waals surface area contributed by atoms with Crippen molar-refractivity contribution in [3.05, 3.63) is 80.5 Å². The Morgan fingerprint density at radius 2 is 1.74 bits per heavy atom. The number of nitrogens with one attached hydrogen (secondary N) is 1. The van der Waals surface area contributed by atoms with Crippen LogP contribution < -0.4 is 5.32 Å². The van der Waals surface area contributed by atoms with Gasteiger partial charge in [-0.25, -0.2) is 0 Å². The van der Waals surface area contributed by atoms with Gasteiger partial charge in [-0.2, -0.15) is 18.4 Å². The Hall–Kier alpha value is -2.92. The van der Waals surface area contributed by atoms with E-state index in [0.29, 0.717) is 21.4 Å². The first-order chi connectivity index (χ1) is 14.6. The average Bonchev–Trinajstić information content (AvgIpc) is 3.16. The highest BCUT2D eigenvalue weighted by Gasteiger charge is 2.33. The van der Waals surface area contributed by atoms with Gasteiger partial charge >= 0.3 is 6.18 Å². The van der Waals surface area contributed by atoms with Crippen LogP contribution in [-0.4, -0.2) is 5.91 Å². The van der Waals surface area contributed by atoms with Crippen LogP contribution in [0.2, 0.25) is 15.1 Å². The Balaban J connectivity index is 1.80. The summed E-state index contributed by atoms with van der Waals surface area (Å²) < 4.78 is 44.0. The molecule has 3 rings (SSSR count). The molecular weight excluding hydrogens is 476 g/mol. The Labute approximate surface area is 189 Å². The van der Waals surface area contributed by atoms with E-state index >= 15 is 0 Å². The smallest absolute Gasteiger partial charge is 0.417 e. The molecule has 158 valence electrons. The lowest BCUT2D eigenvalue weighted by Gasteiger charge is -2.10. The monoisotopic (exact) mass is 484 g/mol. The number of halogens is 6. The van der Waals surface area contributed by atoms with Crippen molar-refractivity contribution >= 4 is 52.5 Å². The third kappa shape index (κ3) is 5.42. The summed E-state index contributed by atoms with van der Waals surface area (Å²) in [6.45, 7) is 0. The Morgan fingerprint density at radius 3 is 2.35 bits per heavy atom. The number of nitriles is 1. The number of nitrogens with zero attached hydrogens (tertiary/aromatic N) is 1. The van der Waals surface area contributed by atoms with E-state index in [1.165, 1.54) is 12.1 Å². The Bertz CT molecular complexity index is 1230. The van der Waals surface area contributed by atoms with Crippen LogP contribution in [0, 0.1) is 11.3 Å². The zero-order chi connectivity index (χ0) is 22.8. The molecule has 0 bridgehead atoms. The summed E-state index contributed by atoms with van der Waals surface area (Å²) >= 11 is 17.5. The van der Waals surface area contributed by atoms with Gasteiger partial charge in [0.25, 0.3) is 5.91 Å². The second-order valence-corrected chi connectivity index (χ2v) is 7.37. The molecule has 10 heteroatoms. The maximum atomic E-state index is 12.8. The first kappa shape index (κ1) is 22.8. The number of rotatable bonds is 4. The van der Waals surface area contributed by atoms with Gasteiger partial charge in [0.1, 0.15) is 23.2 Å². The molecule has 0 atom stereocenters. The van der Waals surface area contributed by atoms with Gasteiger partial charge in [0.15, 0.2) is 0 Å². The molecule has 4 nitrogen and oxygen atoms in total. The number of carbonyl (C=O) groups is 1. The van der Waals surface area contributed by atoms with Crippen LogP contribution in [0.15, 0.2) is 58.5 Å². The minimum absolute atomic E-state index is 0.0000834. The third-order valence-corrected chi connectivity index (χ3v) is 5.07. The first-order valence-corrected chi connectivity index (χ1v) is 9.57. The fraction of sp³-hybridized carbons (Fsp3) is 0.0476. The third-order valence-electron chi connectivity index (χ3n) is 4.01. The molecule has 0 saturated carbocycles. The van der Waals surface area contributed by atoms with E-state index < -0.39 is 22.7 Å². The molecule has 1 aromatic heterocycles. The van der Waals surface area contributed by atoms with E-state index in [4.69, 9.17) is 39.2 Å². The molecule has 1 heterocycles. The quantitative estimate of drug-likeness (QED) is 0.308. The maximum Gasteiger partial charge on any atom is 0.417 e. The minimum Gasteiger partial charge on any atom is -0.457 e. The van der Waals surface area contributed by atoms with Crippen molar-refractivity contribution in [1.82, 2.24) is 0 Å². The molecule has 0 saturated heterocycles. The van der Waals surface area contributed by atoms with E-state index in [0.717, 1.165) is 18.2 Å². The van der Waals surface area contributed by atoms with Crippen molar-refractivity contribution in [2.24, 2.45) is 0 Å². The summed E-state index contributed by atoms with van der Waals surface area (Å²) in [5.74, 6) is -0.207. The van der Waals surface area contributed by atoms with E-state index in [1.807, 2.05) is 0 Å². The molecule has 0 unspecified atom stereocenters. The first-order valence-electron chi connectivity index (χ1n) is 8.43. The molecule has 1 amide bonds. The highest BCUT2D eigenvalue weighted by atomic mass is 35.5. The number of hydrogen-bond acceptors (Lipinski definition) is 3. The zero-order valence-corrected chi connectivity index (χ0v) is 17.5. The SMILES string of the molecule is N#C/C(=C\c1ccc(-c2ccc(Cl)c(Cl)c2)o1)C(=O)Nc1ccc(C(F)(F)F)c(Cl)c1. The van der Waals surface area contributed by atoms with Crippen LogP contribution in [0.5, 0.6) is 0 Å². The van der Waals surface area contributed by atoms with Crippen molar-refractivity contribution in [2.75, 3.05) is 5.32 Å². The molecule has 0 aliphatic heterocycles. The largest absolute Gasteiger partial charge is 0.457 e. The van der Waals surface area contributed by atoms with E-state index in [9.17, 15) is 23.2 Å². The van der Waals surface area contributed by atoms with Gasteiger partial charge in [0.05, 0.1) is 20.6 Å². The van der Waals surface area contributed by atoms with Crippen LogP contribution in [0.3, 0.4) is 0 Å². The number of anilines is 1. The Morgan fingerprint density at radius 1 is 1.00 bits per heavy atom. The highest BCUT2D eigenvalue weighted by molar-refractivity contribution is 6.42. The van der Waals surface area contributed by atoms with Crippen LogP contribution in [-0.2, 0) is 11.0 Å². The minimum atomic E-state index is -4.62. The second kappa shape index (κ2) is 9.06. The lowest BCUT2D eigenvalue weighted by atomic mass is 10.1. The van der Waals surface area contributed by atoms with Crippen molar-refractivity contribution in [3.63, 3.8) is 0 Å². The standard InChI is InChI=1S/C21H10Cl3F3N2O2/c22-16-5-1-11(8-18(16)24)19-6-3-14(31-19)7-12(10-28)20(30)29-13-2-4-15(17(23)9-13)21(25,26)27/h1-9H,(H,29,30)/b12-7+. The number of carbonyl (C=O) groups excluding carboxylic acids is 1. The van der Waals surface area contributed by atoms with Gasteiger partial charge in [0, 0.05) is 17.3 Å². The number of amides is 1. The number of hydrogen-bond donors (Lipinski definition) is 1. The maximum absolute atomic E-state index is 12.8. The van der Waals surface area contributed by atoms with Crippen molar-refractivity contribution in [1.29, 1.82) is 5.26 Å². The Kier molecular flexibility index (Phi) is 6.65. The summed E-state index contributed by atoms with van der Waals surface area (Å²) in [6.07, 6.45) is -3.43. The van der Waals surface area contributed by atoms with Gasteiger partial charge < -0.3 is 9.73 Å². The zero-order valence-electron chi connectivity index (χ0n) is 15.2. The van der Waals surface area contributed by atoms with Crippen LogP contribution in [0.4, 0.5) is 18.9 Å².